The Morgan fingerprint density at radius 3 is 0.810 bits per heavy atom. The third-order valence-electron chi connectivity index (χ3n) is 14.9. The van der Waals surface area contributed by atoms with Crippen LogP contribution in [0, 0.1) is 17.8 Å². The van der Waals surface area contributed by atoms with Crippen LogP contribution < -0.4 is 0 Å². The number of aliphatic hydroxyl groups is 1. The molecule has 0 rings (SSSR count). The van der Waals surface area contributed by atoms with Gasteiger partial charge >= 0.3 is 39.5 Å². The molecule has 0 saturated heterocycles. The number of phosphoric acid groups is 2. The molecule has 0 radical (unpaired) electrons. The quantitative estimate of drug-likeness (QED) is 0.0222. The molecule has 0 aliphatic carbocycles. The summed E-state index contributed by atoms with van der Waals surface area (Å²) in [5.41, 5.74) is 0. The minimum Gasteiger partial charge on any atom is -0.462 e. The highest BCUT2D eigenvalue weighted by Gasteiger charge is 2.30. The zero-order valence-corrected chi connectivity index (χ0v) is 56.1. The number of ether oxygens (including phenoxy) is 4. The molecular weight excluding hydrogens is 1110 g/mol. The highest BCUT2D eigenvalue weighted by molar-refractivity contribution is 7.47. The second kappa shape index (κ2) is 56.3. The molecule has 0 aliphatic heterocycles. The fraction of sp³-hybridized carbons (Fsp3) is 0.938. The summed E-state index contributed by atoms with van der Waals surface area (Å²) < 4.78 is 68.0. The summed E-state index contributed by atoms with van der Waals surface area (Å²) in [4.78, 5) is 72.2. The highest BCUT2D eigenvalue weighted by Crippen LogP contribution is 2.45. The van der Waals surface area contributed by atoms with Crippen molar-refractivity contribution in [3.05, 3.63) is 0 Å². The van der Waals surface area contributed by atoms with E-state index in [4.69, 9.17) is 37.0 Å². The van der Waals surface area contributed by atoms with Crippen molar-refractivity contribution in [3.63, 3.8) is 0 Å². The van der Waals surface area contributed by atoms with Crippen LogP contribution in [0.3, 0.4) is 0 Å². The van der Waals surface area contributed by atoms with E-state index in [-0.39, 0.29) is 25.7 Å². The smallest absolute Gasteiger partial charge is 0.462 e. The van der Waals surface area contributed by atoms with Gasteiger partial charge in [-0.1, -0.05) is 267 Å². The van der Waals surface area contributed by atoms with E-state index in [1.54, 1.807) is 0 Å². The molecule has 5 atom stereocenters. The monoisotopic (exact) mass is 1240 g/mol. The van der Waals surface area contributed by atoms with Gasteiger partial charge in [-0.25, -0.2) is 9.13 Å². The number of esters is 4. The molecular formula is C65H126O17P2. The van der Waals surface area contributed by atoms with Crippen LogP contribution in [0.5, 0.6) is 0 Å². The summed E-state index contributed by atoms with van der Waals surface area (Å²) in [6.07, 6.45) is 37.8. The number of unbranched alkanes of at least 4 members (excludes halogenated alkanes) is 31. The van der Waals surface area contributed by atoms with E-state index in [9.17, 15) is 43.2 Å². The Morgan fingerprint density at radius 1 is 0.321 bits per heavy atom. The Morgan fingerprint density at radius 2 is 0.548 bits per heavy atom. The minimum atomic E-state index is -4.95. The second-order valence-electron chi connectivity index (χ2n) is 24.9. The number of rotatable bonds is 63. The molecule has 0 heterocycles. The van der Waals surface area contributed by atoms with Crippen molar-refractivity contribution in [1.82, 2.24) is 0 Å². The molecule has 0 fully saturated rings. The lowest BCUT2D eigenvalue weighted by Crippen LogP contribution is -2.30. The predicted molar refractivity (Wildman–Crippen MR) is 335 cm³/mol. The molecule has 0 aromatic heterocycles. The Labute approximate surface area is 511 Å². The second-order valence-corrected chi connectivity index (χ2v) is 27.8. The van der Waals surface area contributed by atoms with Gasteiger partial charge in [0.2, 0.25) is 0 Å². The molecule has 3 N–H and O–H groups in total. The minimum absolute atomic E-state index is 0.102. The first kappa shape index (κ1) is 82.1. The lowest BCUT2D eigenvalue weighted by molar-refractivity contribution is -0.161. The van der Waals surface area contributed by atoms with Gasteiger partial charge < -0.3 is 33.8 Å². The first-order valence-electron chi connectivity index (χ1n) is 33.8. The highest BCUT2D eigenvalue weighted by atomic mass is 31.2. The van der Waals surface area contributed by atoms with Crippen molar-refractivity contribution in [3.8, 4) is 0 Å². The van der Waals surface area contributed by atoms with Crippen molar-refractivity contribution >= 4 is 39.5 Å². The largest absolute Gasteiger partial charge is 0.472 e. The molecule has 0 amide bonds. The number of hydrogen-bond acceptors (Lipinski definition) is 15. The zero-order chi connectivity index (χ0) is 62.4. The van der Waals surface area contributed by atoms with Crippen LogP contribution in [0.2, 0.25) is 0 Å². The van der Waals surface area contributed by atoms with Crippen LogP contribution in [0.1, 0.15) is 318 Å². The standard InChI is InChI=1S/C65H126O17P2/c1-8-9-10-11-12-18-24-32-39-46-62(67)75-53-61(82-65(70)49-42-35-28-27-31-38-45-58(6)7)55-80-84(73,74)78-51-59(66)50-77-83(71,72)79-54-60(52-76-63(68)47-40-33-26-21-23-30-37-44-57(4)5)81-64(69)48-41-34-25-20-17-15-13-14-16-19-22-29-36-43-56(2)3/h56-61,66H,8-55H2,1-7H3,(H,71,72)(H,73,74)/t59-,60-,61-/m1/s1. The Bertz CT molecular complexity index is 1660. The van der Waals surface area contributed by atoms with Gasteiger partial charge in [0.1, 0.15) is 19.3 Å². The summed E-state index contributed by atoms with van der Waals surface area (Å²) in [7, 11) is -9.89. The maximum Gasteiger partial charge on any atom is 0.472 e. The van der Waals surface area contributed by atoms with Gasteiger partial charge in [-0.05, 0) is 43.4 Å². The van der Waals surface area contributed by atoms with Crippen molar-refractivity contribution in [2.75, 3.05) is 39.6 Å². The average molecular weight is 1240 g/mol. The van der Waals surface area contributed by atoms with E-state index in [2.05, 4.69) is 48.5 Å². The molecule has 0 bridgehead atoms. The van der Waals surface area contributed by atoms with Gasteiger partial charge in [0.15, 0.2) is 12.2 Å². The van der Waals surface area contributed by atoms with E-state index in [1.807, 2.05) is 0 Å². The van der Waals surface area contributed by atoms with E-state index in [0.717, 1.165) is 102 Å². The molecule has 19 heteroatoms. The molecule has 2 unspecified atom stereocenters. The van der Waals surface area contributed by atoms with Crippen LogP contribution in [0.4, 0.5) is 0 Å². The number of hydrogen-bond donors (Lipinski definition) is 3. The van der Waals surface area contributed by atoms with Gasteiger partial charge in [-0.2, -0.15) is 0 Å². The van der Waals surface area contributed by atoms with Crippen molar-refractivity contribution in [2.24, 2.45) is 17.8 Å². The summed E-state index contributed by atoms with van der Waals surface area (Å²) >= 11 is 0. The van der Waals surface area contributed by atoms with Gasteiger partial charge in [-0.15, -0.1) is 0 Å². The Kier molecular flexibility index (Phi) is 55.0. The van der Waals surface area contributed by atoms with Crippen molar-refractivity contribution < 1.29 is 80.2 Å². The third-order valence-corrected chi connectivity index (χ3v) is 16.8. The first-order valence-corrected chi connectivity index (χ1v) is 36.8. The molecule has 0 aromatic carbocycles. The summed E-state index contributed by atoms with van der Waals surface area (Å²) in [5, 5.41) is 10.5. The van der Waals surface area contributed by atoms with E-state index < -0.39 is 97.5 Å². The summed E-state index contributed by atoms with van der Waals surface area (Å²) in [6, 6.07) is 0. The summed E-state index contributed by atoms with van der Waals surface area (Å²) in [6.45, 7) is 11.7. The van der Waals surface area contributed by atoms with Gasteiger partial charge in [-0.3, -0.25) is 37.3 Å². The molecule has 84 heavy (non-hydrogen) atoms. The zero-order valence-electron chi connectivity index (χ0n) is 54.4. The predicted octanol–water partition coefficient (Wildman–Crippen LogP) is 17.9. The van der Waals surface area contributed by atoms with E-state index in [0.29, 0.717) is 37.5 Å². The van der Waals surface area contributed by atoms with Gasteiger partial charge in [0, 0.05) is 25.7 Å². The molecule has 0 saturated carbocycles. The normalized spacial score (nSPS) is 14.3. The number of carbonyl (C=O) groups excluding carboxylic acids is 4. The van der Waals surface area contributed by atoms with E-state index in [1.165, 1.54) is 122 Å². The molecule has 498 valence electrons. The van der Waals surface area contributed by atoms with Gasteiger partial charge in [0.05, 0.1) is 26.4 Å². The number of phosphoric ester groups is 2. The van der Waals surface area contributed by atoms with Crippen LogP contribution in [-0.2, 0) is 65.4 Å². The first-order chi connectivity index (χ1) is 40.2. The Balaban J connectivity index is 5.21. The van der Waals surface area contributed by atoms with Crippen LogP contribution >= 0.6 is 15.6 Å². The van der Waals surface area contributed by atoms with Crippen molar-refractivity contribution in [2.45, 2.75) is 336 Å². The van der Waals surface area contributed by atoms with Crippen LogP contribution in [0.15, 0.2) is 0 Å². The average Bonchev–Trinajstić information content (AvgIpc) is 3.49. The lowest BCUT2D eigenvalue weighted by Gasteiger charge is -2.21. The SMILES string of the molecule is CCCCCCCCCCCC(=O)OC[C@H](COP(=O)(O)OC[C@H](O)COP(=O)(O)OC[C@@H](COC(=O)CCCCCCCCCC(C)C)OC(=O)CCCCCCCCCCCCCCCC(C)C)OC(=O)CCCCCCCCC(C)C. The Hall–Kier alpha value is -1.94. The molecule has 17 nitrogen and oxygen atoms in total. The number of aliphatic hydroxyl groups excluding tert-OH is 1. The maximum atomic E-state index is 13.0. The topological polar surface area (TPSA) is 237 Å². The van der Waals surface area contributed by atoms with Crippen LogP contribution in [0.25, 0.3) is 0 Å². The molecule has 0 spiro atoms. The fourth-order valence-electron chi connectivity index (χ4n) is 9.66. The van der Waals surface area contributed by atoms with Crippen molar-refractivity contribution in [1.29, 1.82) is 0 Å². The lowest BCUT2D eigenvalue weighted by atomic mass is 10.0. The summed E-state index contributed by atoms with van der Waals surface area (Å²) in [5.74, 6) is 0.0214. The molecule has 0 aromatic rings. The van der Waals surface area contributed by atoms with E-state index >= 15 is 0 Å². The molecule has 0 aliphatic rings. The van der Waals surface area contributed by atoms with Crippen LogP contribution in [-0.4, -0.2) is 96.7 Å². The maximum absolute atomic E-state index is 13.0. The fourth-order valence-corrected chi connectivity index (χ4v) is 11.2. The van der Waals surface area contributed by atoms with Gasteiger partial charge in [0.25, 0.3) is 0 Å². The third kappa shape index (κ3) is 59.0. The number of carbonyl (C=O) groups is 4.